The van der Waals surface area contributed by atoms with E-state index in [0.717, 1.165) is 0 Å². The van der Waals surface area contributed by atoms with Gasteiger partial charge in [-0.3, -0.25) is 4.79 Å². The monoisotopic (exact) mass is 293 g/mol. The topological polar surface area (TPSA) is 57.8 Å². The Morgan fingerprint density at radius 3 is 2.59 bits per heavy atom. The van der Waals surface area contributed by atoms with Gasteiger partial charge in [0.25, 0.3) is 5.91 Å². The number of anilines is 1. The van der Waals surface area contributed by atoms with E-state index in [1.165, 1.54) is 10.6 Å². The highest BCUT2D eigenvalue weighted by Gasteiger charge is 2.15. The summed E-state index contributed by atoms with van der Waals surface area (Å²) in [5.74, 6) is -0.694. The molecule has 1 amide bonds. The van der Waals surface area contributed by atoms with E-state index in [1.54, 1.807) is 49.5 Å². The Labute approximate surface area is 126 Å². The highest BCUT2D eigenvalue weighted by molar-refractivity contribution is 6.06. The number of nitrogens with one attached hydrogen (secondary N) is 1. The van der Waals surface area contributed by atoms with Gasteiger partial charge in [-0.05, 0) is 36.4 Å². The maximum atomic E-state index is 13.9. The number of aryl methyl sites for hydroxylation is 1. The number of para-hydroxylation sites is 1. The van der Waals surface area contributed by atoms with Gasteiger partial charge in [-0.2, -0.15) is 5.26 Å². The van der Waals surface area contributed by atoms with Crippen molar-refractivity contribution in [3.05, 3.63) is 65.6 Å². The van der Waals surface area contributed by atoms with E-state index in [9.17, 15) is 9.18 Å². The molecule has 1 N–H and O–H groups in total. The van der Waals surface area contributed by atoms with Gasteiger partial charge in [-0.15, -0.1) is 0 Å². The summed E-state index contributed by atoms with van der Waals surface area (Å²) in [6.07, 6.45) is 0. The number of amides is 1. The molecule has 0 unspecified atom stereocenters. The zero-order valence-corrected chi connectivity index (χ0v) is 11.8. The minimum atomic E-state index is -0.363. The highest BCUT2D eigenvalue weighted by Crippen LogP contribution is 2.22. The predicted molar refractivity (Wildman–Crippen MR) is 82.0 cm³/mol. The number of aromatic nitrogens is 1. The molecule has 0 saturated heterocycles. The van der Waals surface area contributed by atoms with Crippen LogP contribution in [-0.4, -0.2) is 10.5 Å². The molecule has 0 radical (unpaired) electrons. The van der Waals surface area contributed by atoms with Crippen LogP contribution < -0.4 is 5.32 Å². The second kappa shape index (κ2) is 5.34. The van der Waals surface area contributed by atoms with Crippen molar-refractivity contribution in [1.82, 2.24) is 4.57 Å². The van der Waals surface area contributed by atoms with Gasteiger partial charge in [0.2, 0.25) is 0 Å². The Kier molecular flexibility index (Phi) is 3.36. The first-order valence-electron chi connectivity index (χ1n) is 6.65. The van der Waals surface area contributed by atoms with Crippen LogP contribution in [-0.2, 0) is 7.05 Å². The zero-order valence-electron chi connectivity index (χ0n) is 11.8. The molecule has 0 bridgehead atoms. The molecule has 0 aliphatic heterocycles. The maximum absolute atomic E-state index is 13.9. The van der Waals surface area contributed by atoms with Gasteiger partial charge in [0.15, 0.2) is 0 Å². The SMILES string of the molecule is Cn1c(C(=O)Nc2ccc(C#N)cc2)cc2cccc(F)c21. The number of carbonyl (C=O) groups is 1. The van der Waals surface area contributed by atoms with Crippen LogP contribution in [0.25, 0.3) is 10.9 Å². The number of fused-ring (bicyclic) bond motifs is 1. The molecule has 3 aromatic rings. The van der Waals surface area contributed by atoms with Crippen molar-refractivity contribution < 1.29 is 9.18 Å². The van der Waals surface area contributed by atoms with Crippen molar-refractivity contribution in [2.45, 2.75) is 0 Å². The first-order chi connectivity index (χ1) is 10.6. The fourth-order valence-electron chi connectivity index (χ4n) is 2.41. The first-order valence-corrected chi connectivity index (χ1v) is 6.65. The third-order valence-corrected chi connectivity index (χ3v) is 3.51. The predicted octanol–water partition coefficient (Wildman–Crippen LogP) is 3.44. The lowest BCUT2D eigenvalue weighted by atomic mass is 10.2. The van der Waals surface area contributed by atoms with E-state index in [0.29, 0.717) is 27.8 Å². The lowest BCUT2D eigenvalue weighted by molar-refractivity contribution is 0.101. The Balaban J connectivity index is 1.93. The molecule has 0 aliphatic carbocycles. The summed E-state index contributed by atoms with van der Waals surface area (Å²) in [4.78, 5) is 12.4. The molecule has 1 heterocycles. The first kappa shape index (κ1) is 13.8. The average molecular weight is 293 g/mol. The fourth-order valence-corrected chi connectivity index (χ4v) is 2.41. The van der Waals surface area contributed by atoms with E-state index in [2.05, 4.69) is 5.32 Å². The third kappa shape index (κ3) is 2.31. The van der Waals surface area contributed by atoms with Crippen LogP contribution in [0.15, 0.2) is 48.5 Å². The Hall–Kier alpha value is -3.13. The molecular weight excluding hydrogens is 281 g/mol. The van der Waals surface area contributed by atoms with E-state index >= 15 is 0 Å². The molecule has 0 fully saturated rings. The van der Waals surface area contributed by atoms with Crippen LogP contribution in [0.2, 0.25) is 0 Å². The molecule has 2 aromatic carbocycles. The van der Waals surface area contributed by atoms with Crippen molar-refractivity contribution in [3.63, 3.8) is 0 Å². The quantitative estimate of drug-likeness (QED) is 0.786. The molecule has 4 nitrogen and oxygen atoms in total. The number of benzene rings is 2. The van der Waals surface area contributed by atoms with Gasteiger partial charge in [-0.1, -0.05) is 12.1 Å². The van der Waals surface area contributed by atoms with Gasteiger partial charge in [0.05, 0.1) is 17.1 Å². The highest BCUT2D eigenvalue weighted by atomic mass is 19.1. The van der Waals surface area contributed by atoms with Gasteiger partial charge >= 0.3 is 0 Å². The molecule has 0 spiro atoms. The van der Waals surface area contributed by atoms with Crippen molar-refractivity contribution >= 4 is 22.5 Å². The Bertz CT molecular complexity index is 904. The smallest absolute Gasteiger partial charge is 0.272 e. The van der Waals surface area contributed by atoms with Gasteiger partial charge in [0, 0.05) is 18.1 Å². The van der Waals surface area contributed by atoms with Crippen LogP contribution in [0, 0.1) is 17.1 Å². The summed E-state index contributed by atoms with van der Waals surface area (Å²) in [5.41, 5.74) is 1.86. The molecular formula is C17H12FN3O. The van der Waals surface area contributed by atoms with Gasteiger partial charge in [0.1, 0.15) is 11.5 Å². The molecule has 108 valence electrons. The van der Waals surface area contributed by atoms with Crippen LogP contribution in [0.5, 0.6) is 0 Å². The molecule has 0 atom stereocenters. The lowest BCUT2D eigenvalue weighted by Gasteiger charge is -2.06. The summed E-state index contributed by atoms with van der Waals surface area (Å²) in [6.45, 7) is 0. The molecule has 0 saturated carbocycles. The summed E-state index contributed by atoms with van der Waals surface area (Å²) in [7, 11) is 1.65. The number of nitrogens with zero attached hydrogens (tertiary/aromatic N) is 2. The summed E-state index contributed by atoms with van der Waals surface area (Å²) in [5, 5.41) is 12.2. The molecule has 5 heteroatoms. The number of rotatable bonds is 2. The van der Waals surface area contributed by atoms with Crippen molar-refractivity contribution in [2.24, 2.45) is 7.05 Å². The molecule has 0 aliphatic rings. The van der Waals surface area contributed by atoms with Crippen LogP contribution in [0.4, 0.5) is 10.1 Å². The molecule has 1 aromatic heterocycles. The average Bonchev–Trinajstić information content (AvgIpc) is 2.86. The van der Waals surface area contributed by atoms with Gasteiger partial charge in [-0.25, -0.2) is 4.39 Å². The number of hydrogen-bond donors (Lipinski definition) is 1. The second-order valence-electron chi connectivity index (χ2n) is 4.91. The van der Waals surface area contributed by atoms with E-state index in [4.69, 9.17) is 5.26 Å². The Morgan fingerprint density at radius 2 is 1.95 bits per heavy atom. The summed E-state index contributed by atoms with van der Waals surface area (Å²) in [6, 6.07) is 15.0. The van der Waals surface area contributed by atoms with E-state index in [1.807, 2.05) is 6.07 Å². The van der Waals surface area contributed by atoms with Crippen LogP contribution in [0.3, 0.4) is 0 Å². The largest absolute Gasteiger partial charge is 0.337 e. The second-order valence-corrected chi connectivity index (χ2v) is 4.91. The maximum Gasteiger partial charge on any atom is 0.272 e. The summed E-state index contributed by atoms with van der Waals surface area (Å²) < 4.78 is 15.4. The Morgan fingerprint density at radius 1 is 1.23 bits per heavy atom. The van der Waals surface area contributed by atoms with E-state index < -0.39 is 0 Å². The van der Waals surface area contributed by atoms with Crippen molar-refractivity contribution in [3.8, 4) is 6.07 Å². The fraction of sp³-hybridized carbons (Fsp3) is 0.0588. The van der Waals surface area contributed by atoms with Crippen molar-refractivity contribution in [1.29, 1.82) is 5.26 Å². The molecule has 3 rings (SSSR count). The molecule has 22 heavy (non-hydrogen) atoms. The van der Waals surface area contributed by atoms with Crippen LogP contribution >= 0.6 is 0 Å². The normalized spacial score (nSPS) is 10.4. The minimum Gasteiger partial charge on any atom is -0.337 e. The van der Waals surface area contributed by atoms with Crippen molar-refractivity contribution in [2.75, 3.05) is 5.32 Å². The number of nitriles is 1. The minimum absolute atomic E-state index is 0.331. The number of hydrogen-bond acceptors (Lipinski definition) is 2. The number of halogens is 1. The lowest BCUT2D eigenvalue weighted by Crippen LogP contribution is -2.15. The van der Waals surface area contributed by atoms with E-state index in [-0.39, 0.29) is 11.7 Å². The zero-order chi connectivity index (χ0) is 15.7. The number of carbonyl (C=O) groups excluding carboxylic acids is 1. The third-order valence-electron chi connectivity index (χ3n) is 3.51. The summed E-state index contributed by atoms with van der Waals surface area (Å²) >= 11 is 0. The van der Waals surface area contributed by atoms with Crippen LogP contribution in [0.1, 0.15) is 16.1 Å². The van der Waals surface area contributed by atoms with Gasteiger partial charge < -0.3 is 9.88 Å². The standard InChI is InChI=1S/C17H12FN3O/c1-21-15(9-12-3-2-4-14(18)16(12)21)17(22)20-13-7-5-11(10-19)6-8-13/h2-9H,1H3,(H,20,22).